The van der Waals surface area contributed by atoms with Crippen molar-refractivity contribution in [3.05, 3.63) is 148 Å². The van der Waals surface area contributed by atoms with E-state index < -0.39 is 0 Å². The Bertz CT molecular complexity index is 2230. The van der Waals surface area contributed by atoms with Gasteiger partial charge in [0.2, 0.25) is 5.91 Å². The highest BCUT2D eigenvalue weighted by molar-refractivity contribution is 6.08. The van der Waals surface area contributed by atoms with Gasteiger partial charge in [0.05, 0.1) is 25.2 Å². The van der Waals surface area contributed by atoms with E-state index in [2.05, 4.69) is 40.7 Å². The lowest BCUT2D eigenvalue weighted by Gasteiger charge is -2.36. The van der Waals surface area contributed by atoms with Crippen LogP contribution in [0.25, 0.3) is 11.3 Å². The van der Waals surface area contributed by atoms with Crippen LogP contribution in [-0.4, -0.2) is 89.0 Å². The first-order valence-electron chi connectivity index (χ1n) is 19.9. The largest absolute Gasteiger partial charge is 0.379 e. The molecular weight excluding hydrogens is 699 g/mol. The molecule has 0 radical (unpaired) electrons. The molecule has 1 fully saturated rings. The number of carbonyl (C=O) groups excluding carboxylic acids is 3. The van der Waals surface area contributed by atoms with E-state index in [4.69, 9.17) is 4.74 Å². The van der Waals surface area contributed by atoms with Gasteiger partial charge in [-0.3, -0.25) is 19.3 Å². The summed E-state index contributed by atoms with van der Waals surface area (Å²) < 4.78 is 7.63. The molecule has 288 valence electrons. The molecule has 5 aromatic rings. The summed E-state index contributed by atoms with van der Waals surface area (Å²) >= 11 is 0. The molecule has 9 heteroatoms. The zero-order valence-electron chi connectivity index (χ0n) is 32.7. The second-order valence-corrected chi connectivity index (χ2v) is 15.5. The van der Waals surface area contributed by atoms with Gasteiger partial charge in [-0.25, -0.2) is 0 Å². The summed E-state index contributed by atoms with van der Waals surface area (Å²) in [5.41, 5.74) is 10.1. The Balaban J connectivity index is 1.16. The predicted octanol–water partition coefficient (Wildman–Crippen LogP) is 6.69. The van der Waals surface area contributed by atoms with Crippen LogP contribution in [0.4, 0.5) is 5.69 Å². The molecule has 0 spiro atoms. The van der Waals surface area contributed by atoms with Crippen molar-refractivity contribution in [2.24, 2.45) is 7.05 Å². The number of morpholine rings is 1. The quantitative estimate of drug-likeness (QED) is 0.168. The number of rotatable bonds is 9. The molecule has 3 aliphatic heterocycles. The smallest absolute Gasteiger partial charge is 0.260 e. The van der Waals surface area contributed by atoms with Gasteiger partial charge in [-0.15, -0.1) is 0 Å². The molecular formula is C47H51N5O4. The number of amides is 3. The molecule has 4 aromatic carbocycles. The molecule has 3 aliphatic rings. The van der Waals surface area contributed by atoms with Crippen molar-refractivity contribution in [1.29, 1.82) is 0 Å². The molecule has 0 bridgehead atoms. The lowest BCUT2D eigenvalue weighted by molar-refractivity contribution is -0.131. The molecule has 0 saturated carbocycles. The van der Waals surface area contributed by atoms with Gasteiger partial charge in [0.25, 0.3) is 11.8 Å². The van der Waals surface area contributed by atoms with E-state index in [1.807, 2.05) is 108 Å². The molecule has 0 N–H and O–H groups in total. The lowest BCUT2D eigenvalue weighted by Crippen LogP contribution is -2.43. The summed E-state index contributed by atoms with van der Waals surface area (Å²) in [4.78, 5) is 51.3. The fourth-order valence-electron chi connectivity index (χ4n) is 8.54. The molecule has 1 aromatic heterocycles. The average molecular weight is 750 g/mol. The highest BCUT2D eigenvalue weighted by atomic mass is 16.5. The Morgan fingerprint density at radius 3 is 2.21 bits per heavy atom. The number of hydrogen-bond acceptors (Lipinski definition) is 5. The molecule has 56 heavy (non-hydrogen) atoms. The zero-order chi connectivity index (χ0) is 38.8. The number of nitrogens with zero attached hydrogens (tertiary/aromatic N) is 5. The topological polar surface area (TPSA) is 78.3 Å². The highest BCUT2D eigenvalue weighted by Gasteiger charge is 2.33. The third-order valence-electron chi connectivity index (χ3n) is 12.0. The maximum Gasteiger partial charge on any atom is 0.260 e. The summed E-state index contributed by atoms with van der Waals surface area (Å²) in [6.45, 7) is 10.1. The SMILES string of the molecule is Cc1c(C(=O)N(CCN2CCOCC2)c2ccccc2)cc(-c2cc3c(cc2C(=O)N2Cc4ccccc4C[C@H]2C)CN(C(=O)Cc2ccccc2)CC3)n1C. The normalized spacial score (nSPS) is 16.9. The number of anilines is 1. The Morgan fingerprint density at radius 1 is 0.768 bits per heavy atom. The van der Waals surface area contributed by atoms with Crippen LogP contribution in [-0.2, 0) is 48.9 Å². The number of hydrogen-bond donors (Lipinski definition) is 0. The first kappa shape index (κ1) is 37.4. The molecule has 1 atom stereocenters. The Hall–Kier alpha value is -5.51. The van der Waals surface area contributed by atoms with Crippen molar-refractivity contribution < 1.29 is 19.1 Å². The molecule has 8 rings (SSSR count). The lowest BCUT2D eigenvalue weighted by atomic mass is 9.89. The maximum absolute atomic E-state index is 15.0. The molecule has 0 aliphatic carbocycles. The van der Waals surface area contributed by atoms with Crippen LogP contribution in [0.2, 0.25) is 0 Å². The molecule has 9 nitrogen and oxygen atoms in total. The summed E-state index contributed by atoms with van der Waals surface area (Å²) in [6, 6.07) is 34.3. The van der Waals surface area contributed by atoms with Gasteiger partial charge in [0, 0.05) is 87.1 Å². The van der Waals surface area contributed by atoms with Gasteiger partial charge in [-0.05, 0) is 84.8 Å². The average Bonchev–Trinajstić information content (AvgIpc) is 3.53. The first-order chi connectivity index (χ1) is 27.2. The van der Waals surface area contributed by atoms with Crippen LogP contribution < -0.4 is 4.90 Å². The van der Waals surface area contributed by atoms with Crippen molar-refractivity contribution in [1.82, 2.24) is 19.3 Å². The van der Waals surface area contributed by atoms with Crippen LogP contribution in [0.15, 0.2) is 103 Å². The van der Waals surface area contributed by atoms with Crippen LogP contribution in [0.5, 0.6) is 0 Å². The Morgan fingerprint density at radius 2 is 1.46 bits per heavy atom. The summed E-state index contributed by atoms with van der Waals surface area (Å²) in [5, 5.41) is 0. The van der Waals surface area contributed by atoms with E-state index in [0.29, 0.717) is 63.4 Å². The summed E-state index contributed by atoms with van der Waals surface area (Å²) in [5.74, 6) is -0.0259. The first-order valence-corrected chi connectivity index (χ1v) is 19.9. The molecule has 0 unspecified atom stereocenters. The van der Waals surface area contributed by atoms with Crippen molar-refractivity contribution in [2.45, 2.75) is 52.2 Å². The summed E-state index contributed by atoms with van der Waals surface area (Å²) in [7, 11) is 1.99. The number of ether oxygens (including phenoxy) is 1. The van der Waals surface area contributed by atoms with Crippen molar-refractivity contribution in [3.8, 4) is 11.3 Å². The molecule has 1 saturated heterocycles. The third-order valence-corrected chi connectivity index (χ3v) is 12.0. The fraction of sp³-hybridized carbons (Fsp3) is 0.340. The monoisotopic (exact) mass is 749 g/mol. The van der Waals surface area contributed by atoms with E-state index in [1.54, 1.807) is 0 Å². The van der Waals surface area contributed by atoms with E-state index in [0.717, 1.165) is 70.9 Å². The van der Waals surface area contributed by atoms with Gasteiger partial charge >= 0.3 is 0 Å². The van der Waals surface area contributed by atoms with Gasteiger partial charge in [-0.2, -0.15) is 0 Å². The van der Waals surface area contributed by atoms with Crippen molar-refractivity contribution in [2.75, 3.05) is 50.8 Å². The van der Waals surface area contributed by atoms with Crippen molar-refractivity contribution in [3.63, 3.8) is 0 Å². The van der Waals surface area contributed by atoms with Gasteiger partial charge in [-0.1, -0.05) is 72.8 Å². The van der Waals surface area contributed by atoms with E-state index in [-0.39, 0.29) is 23.8 Å². The van der Waals surface area contributed by atoms with Crippen LogP contribution >= 0.6 is 0 Å². The van der Waals surface area contributed by atoms with Crippen LogP contribution in [0.3, 0.4) is 0 Å². The minimum atomic E-state index is -0.0662. The number of para-hydroxylation sites is 1. The highest BCUT2D eigenvalue weighted by Crippen LogP contribution is 2.36. The van der Waals surface area contributed by atoms with Gasteiger partial charge in [0.1, 0.15) is 0 Å². The molecule has 4 heterocycles. The van der Waals surface area contributed by atoms with E-state index >= 15 is 0 Å². The van der Waals surface area contributed by atoms with Crippen LogP contribution in [0, 0.1) is 6.92 Å². The fourth-order valence-corrected chi connectivity index (χ4v) is 8.54. The second-order valence-electron chi connectivity index (χ2n) is 15.5. The van der Waals surface area contributed by atoms with Gasteiger partial charge in [0.15, 0.2) is 0 Å². The number of fused-ring (bicyclic) bond motifs is 2. The van der Waals surface area contributed by atoms with E-state index in [9.17, 15) is 14.4 Å². The van der Waals surface area contributed by atoms with Gasteiger partial charge < -0.3 is 24.0 Å². The predicted molar refractivity (Wildman–Crippen MR) is 220 cm³/mol. The minimum absolute atomic E-state index is 0.00316. The second kappa shape index (κ2) is 16.3. The number of benzene rings is 4. The third kappa shape index (κ3) is 7.66. The molecule has 3 amide bonds. The summed E-state index contributed by atoms with van der Waals surface area (Å²) in [6.07, 6.45) is 1.81. The maximum atomic E-state index is 15.0. The number of aromatic nitrogens is 1. The number of carbonyl (C=O) groups is 3. The minimum Gasteiger partial charge on any atom is -0.379 e. The zero-order valence-corrected chi connectivity index (χ0v) is 32.7. The standard InChI is InChI=1S/C47H51N5O4/c1-33-26-36-14-10-11-15-38(36)32-52(33)47(55)43-29-39-31-50(45(53)27-35-12-6-4-7-13-35)19-18-37(39)28-42(43)44-30-41(34(2)48(44)3)46(54)51(40-16-8-5-9-17-40)21-20-49-22-24-56-25-23-49/h4-17,28-30,33H,18-27,31-32H2,1-3H3/t33-/m1/s1. The van der Waals surface area contributed by atoms with Crippen LogP contribution in [0.1, 0.15) is 61.2 Å². The van der Waals surface area contributed by atoms with E-state index in [1.165, 1.54) is 5.56 Å². The van der Waals surface area contributed by atoms with Crippen molar-refractivity contribution >= 4 is 23.4 Å². The Kier molecular flexibility index (Phi) is 10.9. The Labute approximate surface area is 330 Å².